The van der Waals surface area contributed by atoms with E-state index < -0.39 is 5.54 Å². The number of nitrogens with zero attached hydrogens (tertiary/aromatic N) is 1. The van der Waals surface area contributed by atoms with Gasteiger partial charge in [0.05, 0.1) is 18.9 Å². The van der Waals surface area contributed by atoms with Gasteiger partial charge in [-0.2, -0.15) is 17.0 Å². The summed E-state index contributed by atoms with van der Waals surface area (Å²) in [6.45, 7) is 0. The summed E-state index contributed by atoms with van der Waals surface area (Å²) in [7, 11) is 1.65. The van der Waals surface area contributed by atoms with Gasteiger partial charge >= 0.3 is 0 Å². The second-order valence-electron chi connectivity index (χ2n) is 4.18. The second-order valence-corrected chi connectivity index (χ2v) is 5.28. The zero-order valence-electron chi connectivity index (χ0n) is 9.90. The Hall–Kier alpha value is -1.34. The molecule has 1 atom stereocenters. The first-order chi connectivity index (χ1) is 8.29. The molecule has 1 aliphatic heterocycles. The molecule has 1 N–H and O–H groups in total. The molecule has 0 spiro atoms. The molecule has 0 radical (unpaired) electrons. The Bertz CT molecular complexity index is 422. The Balaban J connectivity index is 2.21. The van der Waals surface area contributed by atoms with Crippen molar-refractivity contribution < 1.29 is 4.74 Å². The van der Waals surface area contributed by atoms with Gasteiger partial charge in [-0.15, -0.1) is 0 Å². The predicted octanol–water partition coefficient (Wildman–Crippen LogP) is 2.90. The molecule has 1 unspecified atom stereocenters. The summed E-state index contributed by atoms with van der Waals surface area (Å²) in [6.07, 6.45) is 1.98. The standard InChI is InChI=1S/C13H16N2OS/c1-16-12-6-3-2-5-11(12)15-13(9-14)7-4-8-17-10-13/h2-3,5-6,15H,4,7-8,10H2,1H3. The molecular formula is C13H16N2OS. The Morgan fingerprint density at radius 1 is 1.47 bits per heavy atom. The van der Waals surface area contributed by atoms with Crippen LogP contribution in [0.4, 0.5) is 5.69 Å². The van der Waals surface area contributed by atoms with Crippen molar-refractivity contribution in [2.75, 3.05) is 23.9 Å². The minimum absolute atomic E-state index is 0.447. The molecule has 0 aromatic heterocycles. The van der Waals surface area contributed by atoms with Crippen molar-refractivity contribution in [2.24, 2.45) is 0 Å². The lowest BCUT2D eigenvalue weighted by Crippen LogP contribution is -2.41. The topological polar surface area (TPSA) is 45.0 Å². The first kappa shape index (κ1) is 12.1. The molecule has 17 heavy (non-hydrogen) atoms. The van der Waals surface area contributed by atoms with Crippen LogP contribution in [0.2, 0.25) is 0 Å². The van der Waals surface area contributed by atoms with Crippen molar-refractivity contribution in [1.82, 2.24) is 0 Å². The van der Waals surface area contributed by atoms with Gasteiger partial charge in [0.15, 0.2) is 0 Å². The number of nitriles is 1. The highest BCUT2D eigenvalue weighted by molar-refractivity contribution is 7.99. The minimum atomic E-state index is -0.447. The molecule has 90 valence electrons. The smallest absolute Gasteiger partial charge is 0.141 e. The number of anilines is 1. The highest BCUT2D eigenvalue weighted by Crippen LogP contribution is 2.33. The molecule has 1 heterocycles. The average molecular weight is 248 g/mol. The maximum atomic E-state index is 9.40. The minimum Gasteiger partial charge on any atom is -0.495 e. The van der Waals surface area contributed by atoms with Gasteiger partial charge in [-0.3, -0.25) is 0 Å². The normalized spacial score (nSPS) is 23.8. The summed E-state index contributed by atoms with van der Waals surface area (Å²) in [5.74, 6) is 2.77. The van der Waals surface area contributed by atoms with Crippen LogP contribution in [0.1, 0.15) is 12.8 Å². The van der Waals surface area contributed by atoms with Crippen LogP contribution in [-0.2, 0) is 0 Å². The molecule has 1 aliphatic rings. The van der Waals surface area contributed by atoms with Crippen LogP contribution >= 0.6 is 11.8 Å². The fraction of sp³-hybridized carbons (Fsp3) is 0.462. The van der Waals surface area contributed by atoms with E-state index in [4.69, 9.17) is 4.74 Å². The van der Waals surface area contributed by atoms with E-state index in [0.29, 0.717) is 0 Å². The summed E-state index contributed by atoms with van der Waals surface area (Å²) in [6, 6.07) is 10.2. The molecule has 3 nitrogen and oxygen atoms in total. The SMILES string of the molecule is COc1ccccc1NC1(C#N)CCCSC1. The highest BCUT2D eigenvalue weighted by atomic mass is 32.2. The summed E-state index contributed by atoms with van der Waals surface area (Å²) in [4.78, 5) is 0. The molecule has 1 saturated heterocycles. The Morgan fingerprint density at radius 3 is 2.94 bits per heavy atom. The van der Waals surface area contributed by atoms with E-state index in [2.05, 4.69) is 11.4 Å². The number of thioether (sulfide) groups is 1. The molecule has 0 aliphatic carbocycles. The summed E-state index contributed by atoms with van der Waals surface area (Å²) in [5.41, 5.74) is 0.455. The van der Waals surface area contributed by atoms with Crippen LogP contribution in [-0.4, -0.2) is 24.2 Å². The number of benzene rings is 1. The third-order valence-electron chi connectivity index (χ3n) is 2.94. The van der Waals surface area contributed by atoms with E-state index in [1.807, 2.05) is 36.0 Å². The van der Waals surface area contributed by atoms with Crippen LogP contribution in [0.15, 0.2) is 24.3 Å². The molecule has 1 aromatic rings. The summed E-state index contributed by atoms with van der Waals surface area (Å²) in [5, 5.41) is 12.8. The highest BCUT2D eigenvalue weighted by Gasteiger charge is 2.32. The number of hydrogen-bond donors (Lipinski definition) is 1. The van der Waals surface area contributed by atoms with Gasteiger partial charge in [0.25, 0.3) is 0 Å². The van der Waals surface area contributed by atoms with Crippen molar-refractivity contribution in [3.63, 3.8) is 0 Å². The Kier molecular flexibility index (Phi) is 3.80. The van der Waals surface area contributed by atoms with Crippen LogP contribution in [0.25, 0.3) is 0 Å². The van der Waals surface area contributed by atoms with Crippen molar-refractivity contribution in [1.29, 1.82) is 5.26 Å². The third-order valence-corrected chi connectivity index (χ3v) is 4.21. The van der Waals surface area contributed by atoms with Crippen molar-refractivity contribution in [3.05, 3.63) is 24.3 Å². The first-order valence-electron chi connectivity index (χ1n) is 5.70. The lowest BCUT2D eigenvalue weighted by molar-refractivity contribution is 0.415. The van der Waals surface area contributed by atoms with Crippen LogP contribution in [0.3, 0.4) is 0 Å². The first-order valence-corrected chi connectivity index (χ1v) is 6.85. The van der Waals surface area contributed by atoms with E-state index in [0.717, 1.165) is 35.8 Å². The molecule has 1 aromatic carbocycles. The van der Waals surface area contributed by atoms with E-state index >= 15 is 0 Å². The van der Waals surface area contributed by atoms with Crippen molar-refractivity contribution in [2.45, 2.75) is 18.4 Å². The predicted molar refractivity (Wildman–Crippen MR) is 71.5 cm³/mol. The number of methoxy groups -OCH3 is 1. The average Bonchev–Trinajstić information content (AvgIpc) is 2.40. The zero-order chi connectivity index (χ0) is 12.1. The number of rotatable bonds is 3. The Labute approximate surface area is 106 Å². The molecule has 0 saturated carbocycles. The number of hydrogen-bond acceptors (Lipinski definition) is 4. The zero-order valence-corrected chi connectivity index (χ0v) is 10.7. The largest absolute Gasteiger partial charge is 0.495 e. The van der Waals surface area contributed by atoms with E-state index in [-0.39, 0.29) is 0 Å². The van der Waals surface area contributed by atoms with E-state index in [1.54, 1.807) is 7.11 Å². The van der Waals surface area contributed by atoms with Gasteiger partial charge in [-0.1, -0.05) is 12.1 Å². The number of para-hydroxylation sites is 2. The van der Waals surface area contributed by atoms with Crippen LogP contribution < -0.4 is 10.1 Å². The van der Waals surface area contributed by atoms with Gasteiger partial charge < -0.3 is 10.1 Å². The molecule has 1 fully saturated rings. The second kappa shape index (κ2) is 5.33. The van der Waals surface area contributed by atoms with Gasteiger partial charge in [0.2, 0.25) is 0 Å². The Morgan fingerprint density at radius 2 is 2.29 bits per heavy atom. The fourth-order valence-electron chi connectivity index (χ4n) is 2.01. The molecule has 0 bridgehead atoms. The number of ether oxygens (including phenoxy) is 1. The van der Waals surface area contributed by atoms with E-state index in [1.165, 1.54) is 0 Å². The molecule has 4 heteroatoms. The lowest BCUT2D eigenvalue weighted by Gasteiger charge is -2.32. The van der Waals surface area contributed by atoms with Crippen LogP contribution in [0, 0.1) is 11.3 Å². The maximum absolute atomic E-state index is 9.40. The van der Waals surface area contributed by atoms with Gasteiger partial charge in [0, 0.05) is 5.75 Å². The quantitative estimate of drug-likeness (QED) is 0.893. The van der Waals surface area contributed by atoms with Gasteiger partial charge in [-0.25, -0.2) is 0 Å². The van der Waals surface area contributed by atoms with Gasteiger partial charge in [0.1, 0.15) is 11.3 Å². The van der Waals surface area contributed by atoms with Crippen molar-refractivity contribution in [3.8, 4) is 11.8 Å². The van der Waals surface area contributed by atoms with Crippen molar-refractivity contribution >= 4 is 17.4 Å². The maximum Gasteiger partial charge on any atom is 0.141 e. The summed E-state index contributed by atoms with van der Waals surface area (Å²) < 4.78 is 5.30. The third kappa shape index (κ3) is 2.67. The molecular weight excluding hydrogens is 232 g/mol. The molecule has 0 amide bonds. The lowest BCUT2D eigenvalue weighted by atomic mass is 9.96. The van der Waals surface area contributed by atoms with Crippen LogP contribution in [0.5, 0.6) is 5.75 Å². The van der Waals surface area contributed by atoms with E-state index in [9.17, 15) is 5.26 Å². The fourth-order valence-corrected chi connectivity index (χ4v) is 3.14. The monoisotopic (exact) mass is 248 g/mol. The molecule has 2 rings (SSSR count). The van der Waals surface area contributed by atoms with Gasteiger partial charge in [-0.05, 0) is 30.7 Å². The summed E-state index contributed by atoms with van der Waals surface area (Å²) >= 11 is 1.83. The number of nitrogens with one attached hydrogen (secondary N) is 1.